The van der Waals surface area contributed by atoms with Crippen molar-refractivity contribution < 1.29 is 13.5 Å². The van der Waals surface area contributed by atoms with E-state index in [2.05, 4.69) is 0 Å². The molecule has 4 nitrogen and oxygen atoms in total. The Labute approximate surface area is 120 Å². The first-order chi connectivity index (χ1) is 8.97. The highest BCUT2D eigenvalue weighted by Gasteiger charge is 2.29. The number of hydrogen-bond donors (Lipinski definition) is 1. The third-order valence-electron chi connectivity index (χ3n) is 3.09. The molecule has 0 atom stereocenters. The number of rotatable bonds is 7. The third kappa shape index (κ3) is 3.92. The maximum Gasteiger partial charge on any atom is 0.243 e. The minimum absolute atomic E-state index is 0.104. The molecule has 0 aliphatic rings. The Hall–Kier alpha value is -0.620. The molecule has 0 aromatic heterocycles. The molecule has 0 aliphatic heterocycles. The lowest BCUT2D eigenvalue weighted by atomic mass is 10.2. The SMILES string of the molecule is CCC(CC)N(CCO)S(=O)(=O)c1ccc(Cl)cc1. The lowest BCUT2D eigenvalue weighted by Gasteiger charge is -2.29. The van der Waals surface area contributed by atoms with Gasteiger partial charge in [-0.1, -0.05) is 25.4 Å². The largest absolute Gasteiger partial charge is 0.395 e. The minimum atomic E-state index is -3.59. The normalized spacial score (nSPS) is 12.3. The number of aliphatic hydroxyl groups is 1. The molecule has 108 valence electrons. The van der Waals surface area contributed by atoms with Crippen LogP contribution in [0.3, 0.4) is 0 Å². The van der Waals surface area contributed by atoms with Gasteiger partial charge in [0.05, 0.1) is 11.5 Å². The summed E-state index contributed by atoms with van der Waals surface area (Å²) in [6, 6.07) is 5.99. The van der Waals surface area contributed by atoms with Gasteiger partial charge in [0.15, 0.2) is 0 Å². The van der Waals surface area contributed by atoms with E-state index in [-0.39, 0.29) is 24.1 Å². The van der Waals surface area contributed by atoms with Gasteiger partial charge in [-0.3, -0.25) is 0 Å². The molecule has 0 saturated heterocycles. The summed E-state index contributed by atoms with van der Waals surface area (Å²) in [6.45, 7) is 3.80. The van der Waals surface area contributed by atoms with Gasteiger partial charge in [-0.2, -0.15) is 4.31 Å². The minimum Gasteiger partial charge on any atom is -0.395 e. The van der Waals surface area contributed by atoms with Crippen LogP contribution in [0, 0.1) is 0 Å². The molecule has 1 aromatic carbocycles. The molecule has 0 aliphatic carbocycles. The zero-order valence-electron chi connectivity index (χ0n) is 11.2. The highest BCUT2D eigenvalue weighted by atomic mass is 35.5. The highest BCUT2D eigenvalue weighted by Crippen LogP contribution is 2.22. The van der Waals surface area contributed by atoms with Crippen molar-refractivity contribution >= 4 is 21.6 Å². The molecule has 0 spiro atoms. The Balaban J connectivity index is 3.15. The zero-order chi connectivity index (χ0) is 14.5. The molecule has 0 fully saturated rings. The van der Waals surface area contributed by atoms with E-state index in [1.807, 2.05) is 13.8 Å². The quantitative estimate of drug-likeness (QED) is 0.842. The molecule has 1 rings (SSSR count). The van der Waals surface area contributed by atoms with Crippen molar-refractivity contribution in [3.8, 4) is 0 Å². The van der Waals surface area contributed by atoms with Gasteiger partial charge in [0.25, 0.3) is 0 Å². The van der Waals surface area contributed by atoms with Gasteiger partial charge in [-0.25, -0.2) is 8.42 Å². The van der Waals surface area contributed by atoms with Crippen LogP contribution < -0.4 is 0 Å². The van der Waals surface area contributed by atoms with E-state index in [4.69, 9.17) is 16.7 Å². The van der Waals surface area contributed by atoms with Gasteiger partial charge in [-0.15, -0.1) is 0 Å². The number of hydrogen-bond acceptors (Lipinski definition) is 3. The first-order valence-electron chi connectivity index (χ1n) is 6.35. The van der Waals surface area contributed by atoms with E-state index in [0.717, 1.165) is 0 Å². The Bertz CT molecular complexity index is 483. The monoisotopic (exact) mass is 305 g/mol. The predicted molar refractivity (Wildman–Crippen MR) is 76.8 cm³/mol. The molecule has 1 N–H and O–H groups in total. The number of benzene rings is 1. The fraction of sp³-hybridized carbons (Fsp3) is 0.538. The van der Waals surface area contributed by atoms with Gasteiger partial charge < -0.3 is 5.11 Å². The summed E-state index contributed by atoms with van der Waals surface area (Å²) in [6.07, 6.45) is 1.42. The summed E-state index contributed by atoms with van der Waals surface area (Å²) in [7, 11) is -3.59. The average molecular weight is 306 g/mol. The van der Waals surface area contributed by atoms with Crippen molar-refractivity contribution in [3.05, 3.63) is 29.3 Å². The number of halogens is 1. The second-order valence-corrected chi connectivity index (χ2v) is 6.59. The molecular formula is C13H20ClNO3S. The van der Waals surface area contributed by atoms with Gasteiger partial charge in [0, 0.05) is 17.6 Å². The van der Waals surface area contributed by atoms with Crippen molar-refractivity contribution in [1.29, 1.82) is 0 Å². The van der Waals surface area contributed by atoms with Gasteiger partial charge in [0.2, 0.25) is 10.0 Å². The summed E-state index contributed by atoms with van der Waals surface area (Å²) in [5, 5.41) is 9.60. The van der Waals surface area contributed by atoms with Crippen LogP contribution in [0.15, 0.2) is 29.2 Å². The molecule has 0 saturated carbocycles. The lowest BCUT2D eigenvalue weighted by molar-refractivity contribution is 0.219. The van der Waals surface area contributed by atoms with E-state index in [9.17, 15) is 8.42 Å². The van der Waals surface area contributed by atoms with Crippen LogP contribution in [-0.2, 0) is 10.0 Å². The van der Waals surface area contributed by atoms with Crippen LogP contribution in [0.5, 0.6) is 0 Å². The van der Waals surface area contributed by atoms with Crippen molar-refractivity contribution in [2.24, 2.45) is 0 Å². The van der Waals surface area contributed by atoms with E-state index < -0.39 is 10.0 Å². The summed E-state index contributed by atoms with van der Waals surface area (Å²) >= 11 is 5.77. The van der Waals surface area contributed by atoms with Crippen molar-refractivity contribution in [1.82, 2.24) is 4.31 Å². The molecule has 0 bridgehead atoms. The molecule has 0 radical (unpaired) electrons. The van der Waals surface area contributed by atoms with Crippen molar-refractivity contribution in [2.45, 2.75) is 37.6 Å². The summed E-state index contributed by atoms with van der Waals surface area (Å²) in [5.74, 6) is 0. The topological polar surface area (TPSA) is 57.6 Å². The second kappa shape index (κ2) is 7.24. The Morgan fingerprint density at radius 1 is 1.21 bits per heavy atom. The van der Waals surface area contributed by atoms with Crippen LogP contribution in [0.1, 0.15) is 26.7 Å². The molecular weight excluding hydrogens is 286 g/mol. The smallest absolute Gasteiger partial charge is 0.243 e. The number of sulfonamides is 1. The van der Waals surface area contributed by atoms with Gasteiger partial charge in [0.1, 0.15) is 0 Å². The Morgan fingerprint density at radius 3 is 2.16 bits per heavy atom. The molecule has 6 heteroatoms. The van der Waals surface area contributed by atoms with Crippen molar-refractivity contribution in [2.75, 3.05) is 13.2 Å². The summed E-state index contributed by atoms with van der Waals surface area (Å²) in [5.41, 5.74) is 0. The molecule has 1 aromatic rings. The molecule has 0 unspecified atom stereocenters. The van der Waals surface area contributed by atoms with E-state index in [1.54, 1.807) is 12.1 Å². The van der Waals surface area contributed by atoms with Crippen LogP contribution >= 0.6 is 11.6 Å². The fourth-order valence-electron chi connectivity index (χ4n) is 2.04. The third-order valence-corrected chi connectivity index (χ3v) is 5.31. The second-order valence-electron chi connectivity index (χ2n) is 4.26. The standard InChI is InChI=1S/C13H20ClNO3S/c1-3-12(4-2)15(9-10-16)19(17,18)13-7-5-11(14)6-8-13/h5-8,12,16H,3-4,9-10H2,1-2H3. The molecule has 19 heavy (non-hydrogen) atoms. The number of nitrogens with zero attached hydrogens (tertiary/aromatic N) is 1. The van der Waals surface area contributed by atoms with Gasteiger partial charge >= 0.3 is 0 Å². The summed E-state index contributed by atoms with van der Waals surface area (Å²) < 4.78 is 26.5. The van der Waals surface area contributed by atoms with Crippen LogP contribution in [0.2, 0.25) is 5.02 Å². The van der Waals surface area contributed by atoms with E-state index >= 15 is 0 Å². The van der Waals surface area contributed by atoms with Crippen LogP contribution in [-0.4, -0.2) is 37.0 Å². The van der Waals surface area contributed by atoms with E-state index in [0.29, 0.717) is 17.9 Å². The van der Waals surface area contributed by atoms with E-state index in [1.165, 1.54) is 16.4 Å². The highest BCUT2D eigenvalue weighted by molar-refractivity contribution is 7.89. The van der Waals surface area contributed by atoms with Gasteiger partial charge in [-0.05, 0) is 37.1 Å². The molecule has 0 heterocycles. The number of aliphatic hydroxyl groups excluding tert-OH is 1. The molecule has 0 amide bonds. The van der Waals surface area contributed by atoms with Crippen molar-refractivity contribution in [3.63, 3.8) is 0 Å². The first-order valence-corrected chi connectivity index (χ1v) is 8.17. The van der Waals surface area contributed by atoms with Crippen LogP contribution in [0.4, 0.5) is 0 Å². The average Bonchev–Trinajstić information content (AvgIpc) is 2.39. The first kappa shape index (κ1) is 16.4. The maximum atomic E-state index is 12.6. The predicted octanol–water partition coefficient (Wildman–Crippen LogP) is 2.51. The zero-order valence-corrected chi connectivity index (χ0v) is 12.8. The Kier molecular flexibility index (Phi) is 6.26. The Morgan fingerprint density at radius 2 is 1.74 bits per heavy atom. The maximum absolute atomic E-state index is 12.6. The lowest BCUT2D eigenvalue weighted by Crippen LogP contribution is -2.41. The van der Waals surface area contributed by atoms with Crippen LogP contribution in [0.25, 0.3) is 0 Å². The summed E-state index contributed by atoms with van der Waals surface area (Å²) in [4.78, 5) is 0.206. The fourth-order valence-corrected chi connectivity index (χ4v) is 3.92.